The lowest BCUT2D eigenvalue weighted by Crippen LogP contribution is -2.27. The standard InChI is InChI=1S/C60H61N3O/c1-58(2,3)45-34-43(33-44(35-45)52-32-31-42(38-61-52)39-21-13-10-14-22-39)47-27-20-30-53-54(47)62-57(50-36-46(59(4,5)6)37-51(56(50)64)60(7,8)9)63(53)55-48(40-23-15-11-16-24-40)28-19-29-49(55)41-25-17-12-18-26-41/h10-37,57,61-62,64H,38H2,1-9H3. The molecule has 0 saturated carbocycles. The Morgan fingerprint density at radius 3 is 1.58 bits per heavy atom. The van der Waals surface area contributed by atoms with E-state index in [1.54, 1.807) is 0 Å². The zero-order chi connectivity index (χ0) is 45.0. The van der Waals surface area contributed by atoms with Crippen molar-refractivity contribution in [1.82, 2.24) is 5.32 Å². The van der Waals surface area contributed by atoms with Crippen LogP contribution in [0.25, 0.3) is 44.7 Å². The van der Waals surface area contributed by atoms with E-state index >= 15 is 0 Å². The summed E-state index contributed by atoms with van der Waals surface area (Å²) in [5, 5.41) is 20.6. The van der Waals surface area contributed by atoms with Gasteiger partial charge in [0.1, 0.15) is 11.9 Å². The van der Waals surface area contributed by atoms with Crippen molar-refractivity contribution >= 4 is 28.3 Å². The van der Waals surface area contributed by atoms with Crippen molar-refractivity contribution in [2.75, 3.05) is 16.8 Å². The van der Waals surface area contributed by atoms with Crippen LogP contribution in [0.5, 0.6) is 5.75 Å². The summed E-state index contributed by atoms with van der Waals surface area (Å²) in [7, 11) is 0. The fraction of sp³-hybridized carbons (Fsp3) is 0.233. The molecule has 2 aliphatic rings. The van der Waals surface area contributed by atoms with Gasteiger partial charge in [-0.25, -0.2) is 0 Å². The number of phenolic OH excluding ortho intramolecular Hbond substituents is 1. The van der Waals surface area contributed by atoms with E-state index in [-0.39, 0.29) is 16.2 Å². The maximum absolute atomic E-state index is 12.7. The first kappa shape index (κ1) is 42.5. The van der Waals surface area contributed by atoms with Crippen LogP contribution in [0.4, 0.5) is 17.1 Å². The topological polar surface area (TPSA) is 47.5 Å². The van der Waals surface area contributed by atoms with Gasteiger partial charge in [-0.05, 0) is 96.7 Å². The minimum Gasteiger partial charge on any atom is -0.507 e. The fourth-order valence-electron chi connectivity index (χ4n) is 9.23. The molecule has 322 valence electrons. The van der Waals surface area contributed by atoms with E-state index in [1.807, 2.05) is 0 Å². The van der Waals surface area contributed by atoms with E-state index in [1.165, 1.54) is 22.3 Å². The number of hydrogen-bond acceptors (Lipinski definition) is 4. The van der Waals surface area contributed by atoms with Crippen LogP contribution in [0.2, 0.25) is 0 Å². The molecule has 1 unspecified atom stereocenters. The molecule has 4 nitrogen and oxygen atoms in total. The first-order chi connectivity index (χ1) is 30.6. The Morgan fingerprint density at radius 1 is 0.500 bits per heavy atom. The molecule has 0 aliphatic carbocycles. The number of benzene rings is 7. The summed E-state index contributed by atoms with van der Waals surface area (Å²) in [6, 6.07) is 56.9. The SMILES string of the molecule is CC(C)(C)c1cc(C2=CC=C(c3ccccc3)CN2)cc(-c2cccc3c2NC(c2cc(C(C)(C)C)cc(C(C)(C)C)c2O)N3c2c(-c3ccccc3)cccc2-c2ccccc2)c1. The Kier molecular flexibility index (Phi) is 10.9. The normalized spacial score (nSPS) is 15.2. The molecule has 64 heavy (non-hydrogen) atoms. The molecule has 0 fully saturated rings. The van der Waals surface area contributed by atoms with Crippen LogP contribution in [-0.4, -0.2) is 11.7 Å². The quantitative estimate of drug-likeness (QED) is 0.150. The molecule has 7 aromatic carbocycles. The lowest BCUT2D eigenvalue weighted by Gasteiger charge is -2.34. The van der Waals surface area contributed by atoms with Crippen LogP contribution in [0.15, 0.2) is 170 Å². The number of rotatable bonds is 7. The summed E-state index contributed by atoms with van der Waals surface area (Å²) in [5.41, 5.74) is 18.3. The molecular formula is C60H61N3O. The Morgan fingerprint density at radius 2 is 1.03 bits per heavy atom. The number of hydrogen-bond donors (Lipinski definition) is 3. The first-order valence-corrected chi connectivity index (χ1v) is 22.7. The predicted molar refractivity (Wildman–Crippen MR) is 272 cm³/mol. The number of nitrogens with one attached hydrogen (secondary N) is 2. The number of allylic oxidation sites excluding steroid dienone is 2. The summed E-state index contributed by atoms with van der Waals surface area (Å²) >= 11 is 0. The highest BCUT2D eigenvalue weighted by molar-refractivity contribution is 6.01. The molecule has 0 aromatic heterocycles. The van der Waals surface area contributed by atoms with E-state index in [9.17, 15) is 5.11 Å². The molecule has 1 atom stereocenters. The molecule has 2 aliphatic heterocycles. The van der Waals surface area contributed by atoms with Gasteiger partial charge in [0.2, 0.25) is 0 Å². The smallest absolute Gasteiger partial charge is 0.134 e. The predicted octanol–water partition coefficient (Wildman–Crippen LogP) is 15.6. The van der Waals surface area contributed by atoms with Crippen molar-refractivity contribution in [1.29, 1.82) is 0 Å². The molecule has 0 amide bonds. The van der Waals surface area contributed by atoms with Gasteiger partial charge in [0.25, 0.3) is 0 Å². The molecule has 0 saturated heterocycles. The number of nitrogens with zero attached hydrogens (tertiary/aromatic N) is 1. The van der Waals surface area contributed by atoms with Gasteiger partial charge in [0, 0.05) is 34.5 Å². The monoisotopic (exact) mass is 839 g/mol. The van der Waals surface area contributed by atoms with Gasteiger partial charge >= 0.3 is 0 Å². The van der Waals surface area contributed by atoms with Crippen molar-refractivity contribution in [3.63, 3.8) is 0 Å². The fourth-order valence-corrected chi connectivity index (χ4v) is 9.23. The molecule has 0 bridgehead atoms. The van der Waals surface area contributed by atoms with E-state index in [0.29, 0.717) is 5.75 Å². The second-order valence-electron chi connectivity index (χ2n) is 20.6. The number of aromatic hydroxyl groups is 1. The molecule has 9 rings (SSSR count). The van der Waals surface area contributed by atoms with Crippen molar-refractivity contribution in [2.24, 2.45) is 0 Å². The van der Waals surface area contributed by atoms with Crippen molar-refractivity contribution < 1.29 is 5.11 Å². The second-order valence-corrected chi connectivity index (χ2v) is 20.6. The lowest BCUT2D eigenvalue weighted by molar-refractivity contribution is 0.435. The molecule has 0 radical (unpaired) electrons. The first-order valence-electron chi connectivity index (χ1n) is 22.7. The number of phenols is 1. The molecule has 3 N–H and O–H groups in total. The zero-order valence-electron chi connectivity index (χ0n) is 38.8. The second kappa shape index (κ2) is 16.4. The average molecular weight is 840 g/mol. The van der Waals surface area contributed by atoms with Gasteiger partial charge in [-0.3, -0.25) is 0 Å². The van der Waals surface area contributed by atoms with Crippen LogP contribution < -0.4 is 15.5 Å². The Balaban J connectivity index is 1.31. The minimum absolute atomic E-state index is 0.104. The summed E-state index contributed by atoms with van der Waals surface area (Å²) in [4.78, 5) is 2.47. The Hall–Kier alpha value is -6.78. The Bertz CT molecular complexity index is 2850. The maximum atomic E-state index is 12.7. The van der Waals surface area contributed by atoms with Crippen LogP contribution in [0.3, 0.4) is 0 Å². The summed E-state index contributed by atoms with van der Waals surface area (Å²) in [6.45, 7) is 21.0. The molecule has 2 heterocycles. The highest BCUT2D eigenvalue weighted by atomic mass is 16.3. The van der Waals surface area contributed by atoms with E-state index < -0.39 is 6.17 Å². The largest absolute Gasteiger partial charge is 0.507 e. The highest BCUT2D eigenvalue weighted by Crippen LogP contribution is 2.56. The third-order valence-electron chi connectivity index (χ3n) is 12.9. The molecular weight excluding hydrogens is 779 g/mol. The van der Waals surface area contributed by atoms with Crippen LogP contribution in [0.1, 0.15) is 102 Å². The van der Waals surface area contributed by atoms with Gasteiger partial charge < -0.3 is 20.6 Å². The average Bonchev–Trinajstić information content (AvgIpc) is 3.68. The number of fused-ring (bicyclic) bond motifs is 1. The van der Waals surface area contributed by atoms with Gasteiger partial charge in [-0.1, -0.05) is 202 Å². The van der Waals surface area contributed by atoms with Crippen molar-refractivity contribution in [3.8, 4) is 39.1 Å². The van der Waals surface area contributed by atoms with Crippen LogP contribution in [0, 0.1) is 0 Å². The van der Waals surface area contributed by atoms with Crippen LogP contribution in [-0.2, 0) is 16.2 Å². The lowest BCUT2D eigenvalue weighted by atomic mass is 9.78. The third-order valence-corrected chi connectivity index (χ3v) is 12.9. The van der Waals surface area contributed by atoms with Gasteiger partial charge in [0.05, 0.1) is 17.1 Å². The van der Waals surface area contributed by atoms with E-state index in [0.717, 1.165) is 79.4 Å². The summed E-state index contributed by atoms with van der Waals surface area (Å²) in [5.74, 6) is 0.325. The molecule has 0 spiro atoms. The Labute approximate surface area is 381 Å². The van der Waals surface area contributed by atoms with Crippen molar-refractivity contribution in [3.05, 3.63) is 203 Å². The number of para-hydroxylation sites is 2. The summed E-state index contributed by atoms with van der Waals surface area (Å²) in [6.07, 6.45) is 4.03. The number of dihydropyridines is 1. The highest BCUT2D eigenvalue weighted by Gasteiger charge is 2.39. The van der Waals surface area contributed by atoms with E-state index in [2.05, 4.69) is 248 Å². The van der Waals surface area contributed by atoms with Gasteiger partial charge in [0.15, 0.2) is 0 Å². The van der Waals surface area contributed by atoms with Gasteiger partial charge in [-0.15, -0.1) is 0 Å². The maximum Gasteiger partial charge on any atom is 0.134 e. The molecule has 4 heteroatoms. The van der Waals surface area contributed by atoms with Crippen molar-refractivity contribution in [2.45, 2.75) is 84.7 Å². The summed E-state index contributed by atoms with van der Waals surface area (Å²) < 4.78 is 0. The third kappa shape index (κ3) is 8.14. The van der Waals surface area contributed by atoms with Gasteiger partial charge in [-0.2, -0.15) is 0 Å². The minimum atomic E-state index is -0.457. The number of anilines is 3. The zero-order valence-corrected chi connectivity index (χ0v) is 38.8. The van der Waals surface area contributed by atoms with E-state index in [4.69, 9.17) is 0 Å². The van der Waals surface area contributed by atoms with Crippen LogP contribution >= 0.6 is 0 Å². The molecule has 7 aromatic rings.